The smallest absolute Gasteiger partial charge is 0.323 e. The van der Waals surface area contributed by atoms with E-state index in [0.717, 1.165) is 71.7 Å². The number of anilines is 2. The number of benzene rings is 3. The van der Waals surface area contributed by atoms with Crippen LogP contribution >= 0.6 is 11.6 Å². The summed E-state index contributed by atoms with van der Waals surface area (Å²) < 4.78 is 5.43. The van der Waals surface area contributed by atoms with Crippen LogP contribution in [0.15, 0.2) is 72.9 Å². The maximum absolute atomic E-state index is 12.8. The van der Waals surface area contributed by atoms with Gasteiger partial charge < -0.3 is 15.4 Å². The van der Waals surface area contributed by atoms with Crippen molar-refractivity contribution in [3.05, 3.63) is 89.2 Å². The maximum Gasteiger partial charge on any atom is 0.323 e. The van der Waals surface area contributed by atoms with Gasteiger partial charge in [0.25, 0.3) is 0 Å². The van der Waals surface area contributed by atoms with Gasteiger partial charge in [0.05, 0.1) is 24.6 Å². The molecule has 7 heteroatoms. The molecule has 1 aliphatic rings. The van der Waals surface area contributed by atoms with E-state index in [-0.39, 0.29) is 6.03 Å². The van der Waals surface area contributed by atoms with Crippen molar-refractivity contribution in [3.63, 3.8) is 0 Å². The highest BCUT2D eigenvalue weighted by Crippen LogP contribution is 2.33. The van der Waals surface area contributed by atoms with Crippen LogP contribution in [0.2, 0.25) is 5.02 Å². The molecule has 0 bridgehead atoms. The lowest BCUT2D eigenvalue weighted by molar-refractivity contribution is 0.0336. The van der Waals surface area contributed by atoms with Crippen LogP contribution in [0.5, 0.6) is 0 Å². The number of hydrogen-bond donors (Lipinski definition) is 2. The van der Waals surface area contributed by atoms with E-state index in [1.54, 1.807) is 12.1 Å². The fourth-order valence-corrected chi connectivity index (χ4v) is 4.50. The Morgan fingerprint density at radius 3 is 2.51 bits per heavy atom. The molecule has 0 spiro atoms. The number of fused-ring (bicyclic) bond motifs is 1. The van der Waals surface area contributed by atoms with Gasteiger partial charge in [-0.25, -0.2) is 4.79 Å². The van der Waals surface area contributed by atoms with Gasteiger partial charge >= 0.3 is 6.03 Å². The number of carbonyl (C=O) groups is 1. The largest absolute Gasteiger partial charge is 0.379 e. The van der Waals surface area contributed by atoms with E-state index in [1.165, 1.54) is 0 Å². The first-order chi connectivity index (χ1) is 17.1. The fourth-order valence-electron chi connectivity index (χ4n) is 4.33. The molecule has 5 rings (SSSR count). The summed E-state index contributed by atoms with van der Waals surface area (Å²) >= 11 is 6.09. The van der Waals surface area contributed by atoms with Crippen LogP contribution in [-0.4, -0.2) is 42.2 Å². The number of pyridine rings is 1. The molecule has 1 aromatic heterocycles. The maximum atomic E-state index is 12.8. The van der Waals surface area contributed by atoms with E-state index in [2.05, 4.69) is 33.7 Å². The van der Waals surface area contributed by atoms with Crippen LogP contribution in [0.1, 0.15) is 11.3 Å². The summed E-state index contributed by atoms with van der Waals surface area (Å²) in [6, 6.07) is 21.3. The Bertz CT molecular complexity index is 1350. The predicted octanol–water partition coefficient (Wildman–Crippen LogP) is 6.34. The Labute approximate surface area is 209 Å². The minimum atomic E-state index is -0.317. The number of nitrogens with zero attached hydrogens (tertiary/aromatic N) is 2. The molecule has 0 radical (unpaired) electrons. The number of rotatable bonds is 5. The Hall–Kier alpha value is -3.45. The predicted molar refractivity (Wildman–Crippen MR) is 142 cm³/mol. The van der Waals surface area contributed by atoms with Gasteiger partial charge in [0.2, 0.25) is 0 Å². The number of aryl methyl sites for hydroxylation is 1. The average molecular weight is 487 g/mol. The van der Waals surface area contributed by atoms with Crippen molar-refractivity contribution in [1.82, 2.24) is 9.88 Å². The van der Waals surface area contributed by atoms with Gasteiger partial charge in [-0.2, -0.15) is 0 Å². The van der Waals surface area contributed by atoms with E-state index < -0.39 is 0 Å². The van der Waals surface area contributed by atoms with Crippen LogP contribution in [0.3, 0.4) is 0 Å². The van der Waals surface area contributed by atoms with Crippen molar-refractivity contribution in [2.24, 2.45) is 0 Å². The molecule has 3 aromatic carbocycles. The molecule has 6 nitrogen and oxygen atoms in total. The monoisotopic (exact) mass is 486 g/mol. The summed E-state index contributed by atoms with van der Waals surface area (Å²) in [5, 5.41) is 8.46. The van der Waals surface area contributed by atoms with Gasteiger partial charge in [-0.05, 0) is 47.7 Å². The molecule has 0 saturated carbocycles. The summed E-state index contributed by atoms with van der Waals surface area (Å²) in [5.74, 6) is 0. The Morgan fingerprint density at radius 2 is 1.74 bits per heavy atom. The molecule has 0 aliphatic carbocycles. The number of ether oxygens (including phenoxy) is 1. The average Bonchev–Trinajstić information content (AvgIpc) is 2.88. The van der Waals surface area contributed by atoms with E-state index in [4.69, 9.17) is 21.3 Å². The SMILES string of the molecule is Cc1ccc(Cl)cc1NC(=O)Nc1ccc(-c2ccc(CN3CCOCC3)nc2)c2ccccc12. The second-order valence-corrected chi connectivity index (χ2v) is 9.11. The third kappa shape index (κ3) is 5.46. The first-order valence-electron chi connectivity index (χ1n) is 11.7. The topological polar surface area (TPSA) is 66.5 Å². The molecule has 178 valence electrons. The fraction of sp³-hybridized carbons (Fsp3) is 0.214. The highest BCUT2D eigenvalue weighted by molar-refractivity contribution is 6.31. The number of halogens is 1. The quantitative estimate of drug-likeness (QED) is 0.345. The molecule has 1 saturated heterocycles. The molecular weight excluding hydrogens is 460 g/mol. The third-order valence-electron chi connectivity index (χ3n) is 6.25. The minimum absolute atomic E-state index is 0.317. The molecule has 4 aromatic rings. The number of hydrogen-bond acceptors (Lipinski definition) is 4. The van der Waals surface area contributed by atoms with Crippen molar-refractivity contribution >= 4 is 39.8 Å². The van der Waals surface area contributed by atoms with E-state index in [9.17, 15) is 4.79 Å². The van der Waals surface area contributed by atoms with Crippen molar-refractivity contribution < 1.29 is 9.53 Å². The number of amides is 2. The number of nitrogens with one attached hydrogen (secondary N) is 2. The molecule has 1 fully saturated rings. The zero-order chi connectivity index (χ0) is 24.2. The minimum Gasteiger partial charge on any atom is -0.379 e. The lowest BCUT2D eigenvalue weighted by Gasteiger charge is -2.26. The summed E-state index contributed by atoms with van der Waals surface area (Å²) in [5.41, 5.74) is 5.51. The molecule has 2 N–H and O–H groups in total. The highest BCUT2D eigenvalue weighted by atomic mass is 35.5. The first-order valence-corrected chi connectivity index (χ1v) is 12.1. The number of carbonyl (C=O) groups excluding carboxylic acids is 1. The van der Waals surface area contributed by atoms with Gasteiger partial charge in [-0.1, -0.05) is 54.1 Å². The normalized spacial score (nSPS) is 14.1. The third-order valence-corrected chi connectivity index (χ3v) is 6.48. The Balaban J connectivity index is 1.37. The second kappa shape index (κ2) is 10.4. The van der Waals surface area contributed by atoms with Gasteiger partial charge in [0.15, 0.2) is 0 Å². The molecule has 1 aliphatic heterocycles. The molecule has 2 heterocycles. The summed E-state index contributed by atoms with van der Waals surface area (Å²) in [4.78, 5) is 19.8. The summed E-state index contributed by atoms with van der Waals surface area (Å²) in [6.07, 6.45) is 1.93. The van der Waals surface area contributed by atoms with Crippen molar-refractivity contribution in [2.75, 3.05) is 36.9 Å². The number of urea groups is 1. The van der Waals surface area contributed by atoms with Crippen molar-refractivity contribution in [2.45, 2.75) is 13.5 Å². The highest BCUT2D eigenvalue weighted by Gasteiger charge is 2.13. The zero-order valence-corrected chi connectivity index (χ0v) is 20.3. The van der Waals surface area contributed by atoms with Crippen LogP contribution in [0.25, 0.3) is 21.9 Å². The van der Waals surface area contributed by atoms with Crippen molar-refractivity contribution in [3.8, 4) is 11.1 Å². The van der Waals surface area contributed by atoms with Crippen LogP contribution in [0.4, 0.5) is 16.2 Å². The molecule has 0 unspecified atom stereocenters. The van der Waals surface area contributed by atoms with Gasteiger partial charge in [0.1, 0.15) is 0 Å². The first kappa shape index (κ1) is 23.3. The standard InChI is InChI=1S/C28H27ClN4O2/c1-19-6-8-21(29)16-27(19)32-28(34)31-26-11-10-23(24-4-2-3-5-25(24)26)20-7-9-22(30-17-20)18-33-12-14-35-15-13-33/h2-11,16-17H,12-15,18H2,1H3,(H2,31,32,34). The zero-order valence-electron chi connectivity index (χ0n) is 19.6. The van der Waals surface area contributed by atoms with Gasteiger partial charge in [-0.3, -0.25) is 9.88 Å². The summed E-state index contributed by atoms with van der Waals surface area (Å²) in [7, 11) is 0. The molecule has 35 heavy (non-hydrogen) atoms. The lowest BCUT2D eigenvalue weighted by atomic mass is 9.98. The van der Waals surface area contributed by atoms with E-state index in [1.807, 2.05) is 49.5 Å². The van der Waals surface area contributed by atoms with Crippen LogP contribution < -0.4 is 10.6 Å². The van der Waals surface area contributed by atoms with Crippen LogP contribution in [-0.2, 0) is 11.3 Å². The van der Waals surface area contributed by atoms with Gasteiger partial charge in [-0.15, -0.1) is 0 Å². The van der Waals surface area contributed by atoms with E-state index in [0.29, 0.717) is 10.7 Å². The molecule has 2 amide bonds. The Morgan fingerprint density at radius 1 is 0.971 bits per heavy atom. The second-order valence-electron chi connectivity index (χ2n) is 8.67. The molecular formula is C28H27ClN4O2. The lowest BCUT2D eigenvalue weighted by Crippen LogP contribution is -2.35. The number of aromatic nitrogens is 1. The van der Waals surface area contributed by atoms with Crippen LogP contribution in [0, 0.1) is 6.92 Å². The van der Waals surface area contributed by atoms with Gasteiger partial charge in [0, 0.05) is 47.5 Å². The molecule has 0 atom stereocenters. The van der Waals surface area contributed by atoms with Crippen molar-refractivity contribution in [1.29, 1.82) is 0 Å². The Kier molecular flexibility index (Phi) is 6.95. The van der Waals surface area contributed by atoms with E-state index >= 15 is 0 Å². The summed E-state index contributed by atoms with van der Waals surface area (Å²) in [6.45, 7) is 6.19. The number of morpholine rings is 1.